The van der Waals surface area contributed by atoms with Gasteiger partial charge in [-0.15, -0.1) is 0 Å². The maximum Gasteiger partial charge on any atom is 0.119 e. The van der Waals surface area contributed by atoms with Gasteiger partial charge in [0.05, 0.1) is 0 Å². The van der Waals surface area contributed by atoms with E-state index in [1.54, 1.807) is 0 Å². The Morgan fingerprint density at radius 1 is 1.33 bits per heavy atom. The molecule has 0 spiro atoms. The number of halogens is 1. The molecule has 4 heteroatoms. The van der Waals surface area contributed by atoms with Gasteiger partial charge in [-0.3, -0.25) is 4.90 Å². The molecule has 1 aliphatic heterocycles. The first kappa shape index (κ1) is 16.8. The highest BCUT2D eigenvalue weighted by Gasteiger charge is 2.18. The number of benzene rings is 1. The highest BCUT2D eigenvalue weighted by atomic mass is 79.9. The number of hydrogen-bond donors (Lipinski definition) is 1. The Labute approximate surface area is 137 Å². The summed E-state index contributed by atoms with van der Waals surface area (Å²) in [6.07, 6.45) is 2.66. The number of rotatable bonds is 7. The molecule has 0 amide bonds. The molecule has 0 aliphatic carbocycles. The molecule has 1 atom stereocenters. The molecule has 1 fully saturated rings. The molecule has 2 rings (SSSR count). The second kappa shape index (κ2) is 8.76. The van der Waals surface area contributed by atoms with Crippen LogP contribution in [0.25, 0.3) is 0 Å². The third kappa shape index (κ3) is 5.97. The summed E-state index contributed by atoms with van der Waals surface area (Å²) in [5, 5.41) is 3.50. The topological polar surface area (TPSA) is 24.5 Å². The van der Waals surface area contributed by atoms with Gasteiger partial charge in [0, 0.05) is 23.6 Å². The van der Waals surface area contributed by atoms with E-state index in [2.05, 4.69) is 40.0 Å². The van der Waals surface area contributed by atoms with Crippen molar-refractivity contribution in [2.75, 3.05) is 32.8 Å². The van der Waals surface area contributed by atoms with Crippen LogP contribution >= 0.6 is 15.9 Å². The van der Waals surface area contributed by atoms with Gasteiger partial charge in [0.2, 0.25) is 0 Å². The molecule has 1 heterocycles. The molecule has 1 N–H and O–H groups in total. The predicted molar refractivity (Wildman–Crippen MR) is 91.9 cm³/mol. The van der Waals surface area contributed by atoms with E-state index in [1.165, 1.54) is 25.9 Å². The van der Waals surface area contributed by atoms with Crippen LogP contribution < -0.4 is 10.1 Å². The van der Waals surface area contributed by atoms with Crippen molar-refractivity contribution >= 4 is 15.9 Å². The highest BCUT2D eigenvalue weighted by molar-refractivity contribution is 9.10. The number of hydrogen-bond acceptors (Lipinski definition) is 3. The lowest BCUT2D eigenvalue weighted by atomic mass is 9.98. The molecule has 1 aromatic rings. The maximum absolute atomic E-state index is 5.85. The molecule has 1 aliphatic rings. The van der Waals surface area contributed by atoms with Gasteiger partial charge >= 0.3 is 0 Å². The van der Waals surface area contributed by atoms with Gasteiger partial charge in [-0.25, -0.2) is 0 Å². The van der Waals surface area contributed by atoms with Crippen LogP contribution in [0.5, 0.6) is 5.75 Å². The van der Waals surface area contributed by atoms with E-state index in [0.717, 1.165) is 35.8 Å². The minimum atomic E-state index is 0.570. The summed E-state index contributed by atoms with van der Waals surface area (Å²) < 4.78 is 6.94. The molecule has 0 saturated carbocycles. The molecule has 0 radical (unpaired) electrons. The molecule has 1 aromatic carbocycles. The summed E-state index contributed by atoms with van der Waals surface area (Å²) in [5.41, 5.74) is 0. The van der Waals surface area contributed by atoms with Crippen LogP contribution in [0, 0.1) is 5.92 Å². The van der Waals surface area contributed by atoms with Gasteiger partial charge in [0.25, 0.3) is 0 Å². The van der Waals surface area contributed by atoms with E-state index >= 15 is 0 Å². The summed E-state index contributed by atoms with van der Waals surface area (Å²) in [6.45, 7) is 9.81. The zero-order valence-electron chi connectivity index (χ0n) is 13.1. The third-order valence-corrected chi connectivity index (χ3v) is 4.61. The number of nitrogens with one attached hydrogen (secondary N) is 1. The first-order valence-corrected chi connectivity index (χ1v) is 8.77. The Morgan fingerprint density at radius 3 is 2.71 bits per heavy atom. The largest absolute Gasteiger partial charge is 0.492 e. The van der Waals surface area contributed by atoms with Gasteiger partial charge in [-0.1, -0.05) is 15.9 Å². The molecule has 118 valence electrons. The van der Waals surface area contributed by atoms with E-state index in [0.29, 0.717) is 6.04 Å². The van der Waals surface area contributed by atoms with Crippen molar-refractivity contribution in [2.24, 2.45) is 5.92 Å². The van der Waals surface area contributed by atoms with Gasteiger partial charge in [-0.05, 0) is 70.0 Å². The quantitative estimate of drug-likeness (QED) is 0.810. The number of piperidine rings is 1. The van der Waals surface area contributed by atoms with Gasteiger partial charge in [0.1, 0.15) is 12.4 Å². The highest BCUT2D eigenvalue weighted by Crippen LogP contribution is 2.17. The van der Waals surface area contributed by atoms with Crippen molar-refractivity contribution in [1.29, 1.82) is 0 Å². The summed E-state index contributed by atoms with van der Waals surface area (Å²) in [4.78, 5) is 2.54. The van der Waals surface area contributed by atoms with Crippen LogP contribution in [-0.4, -0.2) is 43.7 Å². The zero-order valence-corrected chi connectivity index (χ0v) is 14.7. The molecular formula is C17H27BrN2O. The molecule has 1 unspecified atom stereocenters. The lowest BCUT2D eigenvalue weighted by molar-refractivity contribution is 0.143. The second-order valence-electron chi connectivity index (χ2n) is 6.10. The smallest absolute Gasteiger partial charge is 0.119 e. The molecule has 21 heavy (non-hydrogen) atoms. The van der Waals surface area contributed by atoms with Gasteiger partial charge in [0.15, 0.2) is 0 Å². The summed E-state index contributed by atoms with van der Waals surface area (Å²) in [7, 11) is 0. The Kier molecular flexibility index (Phi) is 7.00. The Balaban J connectivity index is 1.75. The minimum Gasteiger partial charge on any atom is -0.492 e. The number of ether oxygens (including phenoxy) is 1. The van der Waals surface area contributed by atoms with E-state index in [1.807, 2.05) is 24.3 Å². The van der Waals surface area contributed by atoms with Crippen molar-refractivity contribution in [3.8, 4) is 5.75 Å². The van der Waals surface area contributed by atoms with Crippen molar-refractivity contribution in [3.63, 3.8) is 0 Å². The molecule has 3 nitrogen and oxygen atoms in total. The monoisotopic (exact) mass is 354 g/mol. The van der Waals surface area contributed by atoms with Gasteiger partial charge in [-0.2, -0.15) is 0 Å². The van der Waals surface area contributed by atoms with Crippen LogP contribution in [0.1, 0.15) is 26.7 Å². The van der Waals surface area contributed by atoms with Gasteiger partial charge < -0.3 is 10.1 Å². The molecule has 1 saturated heterocycles. The van der Waals surface area contributed by atoms with Crippen molar-refractivity contribution in [1.82, 2.24) is 10.2 Å². The van der Waals surface area contributed by atoms with Crippen LogP contribution in [0.4, 0.5) is 0 Å². The first-order chi connectivity index (χ1) is 10.1. The third-order valence-electron chi connectivity index (χ3n) is 4.08. The van der Waals surface area contributed by atoms with E-state index in [-0.39, 0.29) is 0 Å². The van der Waals surface area contributed by atoms with Crippen LogP contribution in [0.2, 0.25) is 0 Å². The minimum absolute atomic E-state index is 0.570. The molecule has 0 aromatic heterocycles. The first-order valence-electron chi connectivity index (χ1n) is 7.98. The summed E-state index contributed by atoms with van der Waals surface area (Å²) >= 11 is 3.44. The van der Waals surface area contributed by atoms with Crippen molar-refractivity contribution < 1.29 is 4.74 Å². The number of nitrogens with zero attached hydrogens (tertiary/aromatic N) is 1. The summed E-state index contributed by atoms with van der Waals surface area (Å²) in [6, 6.07) is 8.62. The lowest BCUT2D eigenvalue weighted by Gasteiger charge is -2.32. The Morgan fingerprint density at radius 2 is 2.10 bits per heavy atom. The summed E-state index contributed by atoms with van der Waals surface area (Å²) in [5.74, 6) is 1.73. The Bertz CT molecular complexity index is 402. The van der Waals surface area contributed by atoms with Crippen molar-refractivity contribution in [3.05, 3.63) is 28.7 Å². The van der Waals surface area contributed by atoms with E-state index in [4.69, 9.17) is 4.74 Å². The molecular weight excluding hydrogens is 328 g/mol. The van der Waals surface area contributed by atoms with Crippen LogP contribution in [0.15, 0.2) is 28.7 Å². The van der Waals surface area contributed by atoms with Crippen LogP contribution in [-0.2, 0) is 0 Å². The van der Waals surface area contributed by atoms with Crippen LogP contribution in [0.3, 0.4) is 0 Å². The fraction of sp³-hybridized carbons (Fsp3) is 0.647. The SMILES string of the molecule is CC(C)N(CCOc1ccc(Br)cc1)CC1CCCNC1. The van der Waals surface area contributed by atoms with E-state index in [9.17, 15) is 0 Å². The average molecular weight is 355 g/mol. The average Bonchev–Trinajstić information content (AvgIpc) is 2.49. The lowest BCUT2D eigenvalue weighted by Crippen LogP contribution is -2.42. The van der Waals surface area contributed by atoms with E-state index < -0.39 is 0 Å². The predicted octanol–water partition coefficient (Wildman–Crippen LogP) is 3.54. The fourth-order valence-corrected chi connectivity index (χ4v) is 3.05. The Hall–Kier alpha value is -0.580. The zero-order chi connectivity index (χ0) is 15.1. The maximum atomic E-state index is 5.85. The standard InChI is InChI=1S/C17H27BrN2O/c1-14(2)20(13-15-4-3-9-19-12-15)10-11-21-17-7-5-16(18)6-8-17/h5-8,14-15,19H,3-4,9-13H2,1-2H3. The fourth-order valence-electron chi connectivity index (χ4n) is 2.78. The van der Waals surface area contributed by atoms with Crippen molar-refractivity contribution in [2.45, 2.75) is 32.7 Å². The normalized spacial score (nSPS) is 19.2. The second-order valence-corrected chi connectivity index (χ2v) is 7.02. The molecule has 0 bridgehead atoms.